The number of hydrogen-bond donors (Lipinski definition) is 1. The van der Waals surface area contributed by atoms with Gasteiger partial charge in [0.15, 0.2) is 17.3 Å². The largest absolute Gasteiger partial charge is 0.493 e. The van der Waals surface area contributed by atoms with Gasteiger partial charge in [-0.1, -0.05) is 60.7 Å². The summed E-state index contributed by atoms with van der Waals surface area (Å²) in [6.07, 6.45) is 0.286. The van der Waals surface area contributed by atoms with Gasteiger partial charge in [-0.2, -0.15) is 0 Å². The van der Waals surface area contributed by atoms with E-state index in [1.807, 2.05) is 36.4 Å². The average molecular weight is 519 g/mol. The van der Waals surface area contributed by atoms with Gasteiger partial charge < -0.3 is 19.3 Å². The zero-order valence-electron chi connectivity index (χ0n) is 22.3. The number of Topliss-reactive ketones (excluding diaryl/α,β-unsaturated/α-hetero) is 1. The first kappa shape index (κ1) is 27.6. The lowest BCUT2D eigenvalue weighted by Crippen LogP contribution is -2.48. The highest BCUT2D eigenvalue weighted by atomic mass is 16.5. The van der Waals surface area contributed by atoms with Crippen LogP contribution < -0.4 is 14.2 Å². The van der Waals surface area contributed by atoms with Crippen LogP contribution in [-0.4, -0.2) is 80.3 Å². The number of aryl methyl sites for hydroxylation is 1. The van der Waals surface area contributed by atoms with Gasteiger partial charge in [-0.3, -0.25) is 14.6 Å². The van der Waals surface area contributed by atoms with Crippen LogP contribution in [0.3, 0.4) is 0 Å². The van der Waals surface area contributed by atoms with Gasteiger partial charge in [0, 0.05) is 51.8 Å². The van der Waals surface area contributed by atoms with Crippen molar-refractivity contribution in [2.75, 3.05) is 53.6 Å². The minimum atomic E-state index is -0.684. The maximum atomic E-state index is 13.2. The highest BCUT2D eigenvalue weighted by Gasteiger charge is 2.22. The number of methoxy groups -OCH3 is 2. The number of rotatable bonds is 13. The molecule has 1 unspecified atom stereocenters. The van der Waals surface area contributed by atoms with Crippen molar-refractivity contribution in [3.63, 3.8) is 0 Å². The maximum absolute atomic E-state index is 13.2. The Morgan fingerprint density at radius 2 is 1.39 bits per heavy atom. The summed E-state index contributed by atoms with van der Waals surface area (Å²) in [6, 6.07) is 23.7. The van der Waals surface area contributed by atoms with Crippen LogP contribution in [0.25, 0.3) is 0 Å². The van der Waals surface area contributed by atoms with E-state index < -0.39 is 6.10 Å². The number of β-amino-alcohol motifs (C(OH)–C–C–N with tert-alkyl or cyclic N) is 1. The molecule has 0 bridgehead atoms. The summed E-state index contributed by atoms with van der Waals surface area (Å²) < 4.78 is 16.9. The highest BCUT2D eigenvalue weighted by Crippen LogP contribution is 2.35. The number of aliphatic hydroxyl groups is 1. The fraction of sp³-hybridized carbons (Fsp3) is 0.387. The summed E-state index contributed by atoms with van der Waals surface area (Å²) >= 11 is 0. The predicted octanol–water partition coefficient (Wildman–Crippen LogP) is 4.08. The third kappa shape index (κ3) is 7.81. The topological polar surface area (TPSA) is 71.5 Å². The van der Waals surface area contributed by atoms with Crippen molar-refractivity contribution >= 4 is 5.78 Å². The van der Waals surface area contributed by atoms with Gasteiger partial charge in [0.25, 0.3) is 0 Å². The number of ketones is 1. The minimum absolute atomic E-state index is 0.0474. The number of nitrogens with zero attached hydrogens (tertiary/aromatic N) is 2. The van der Waals surface area contributed by atoms with Crippen molar-refractivity contribution in [3.8, 4) is 17.2 Å². The molecule has 202 valence electrons. The van der Waals surface area contributed by atoms with Gasteiger partial charge >= 0.3 is 0 Å². The van der Waals surface area contributed by atoms with Crippen molar-refractivity contribution in [2.45, 2.75) is 25.5 Å². The molecule has 1 fully saturated rings. The molecule has 0 radical (unpaired) electrons. The monoisotopic (exact) mass is 518 g/mol. The molecule has 0 aromatic heterocycles. The number of hydrogen-bond acceptors (Lipinski definition) is 7. The summed E-state index contributed by atoms with van der Waals surface area (Å²) in [5.74, 6) is 1.30. The second-order valence-corrected chi connectivity index (χ2v) is 9.64. The zero-order chi connectivity index (χ0) is 26.7. The summed E-state index contributed by atoms with van der Waals surface area (Å²) in [6.45, 7) is 5.24. The van der Waals surface area contributed by atoms with Crippen LogP contribution in [0.1, 0.15) is 27.9 Å². The Labute approximate surface area is 225 Å². The van der Waals surface area contributed by atoms with Gasteiger partial charge in [-0.15, -0.1) is 0 Å². The summed E-state index contributed by atoms with van der Waals surface area (Å²) in [5, 5.41) is 10.8. The van der Waals surface area contributed by atoms with E-state index in [9.17, 15) is 9.90 Å². The molecule has 0 spiro atoms. The Balaban J connectivity index is 1.32. The molecule has 7 heteroatoms. The number of carbonyl (C=O) groups is 1. The van der Waals surface area contributed by atoms with Gasteiger partial charge in [-0.25, -0.2) is 0 Å². The molecule has 38 heavy (non-hydrogen) atoms. The van der Waals surface area contributed by atoms with Crippen LogP contribution in [-0.2, 0) is 13.0 Å². The first-order valence-electron chi connectivity index (χ1n) is 13.2. The van der Waals surface area contributed by atoms with Gasteiger partial charge in [0.05, 0.1) is 19.8 Å². The molecular formula is C31H38N2O5. The quantitative estimate of drug-likeness (QED) is 0.342. The summed E-state index contributed by atoms with van der Waals surface area (Å²) in [4.78, 5) is 17.9. The standard InChI is InChI=1S/C31H38N2O5/c1-36-30-19-27(28(35)14-13-24-9-5-3-6-10-24)29(20-31(30)37-2)38-23-26(34)22-33-17-15-32(16-18-33)21-25-11-7-4-8-12-25/h3-12,19-20,26,34H,13-18,21-23H2,1-2H3. The van der Waals surface area contributed by atoms with Crippen LogP contribution in [0.4, 0.5) is 0 Å². The van der Waals surface area contributed by atoms with Crippen LogP contribution >= 0.6 is 0 Å². The highest BCUT2D eigenvalue weighted by molar-refractivity contribution is 5.99. The molecule has 1 aliphatic rings. The van der Waals surface area contributed by atoms with E-state index in [0.717, 1.165) is 38.3 Å². The van der Waals surface area contributed by atoms with Gasteiger partial charge in [-0.05, 0) is 23.6 Å². The van der Waals surface area contributed by atoms with Gasteiger partial charge in [0.1, 0.15) is 18.5 Å². The normalized spacial score (nSPS) is 15.1. The SMILES string of the molecule is COc1cc(OCC(O)CN2CCN(Cc3ccccc3)CC2)c(C(=O)CCc2ccccc2)cc1OC. The molecule has 0 aliphatic carbocycles. The van der Waals surface area contributed by atoms with Crippen molar-refractivity contribution < 1.29 is 24.1 Å². The third-order valence-electron chi connectivity index (χ3n) is 6.88. The average Bonchev–Trinajstić information content (AvgIpc) is 2.96. The van der Waals surface area contributed by atoms with Crippen molar-refractivity contribution in [1.82, 2.24) is 9.80 Å². The maximum Gasteiger partial charge on any atom is 0.167 e. The van der Waals surface area contributed by atoms with Crippen molar-refractivity contribution in [1.29, 1.82) is 0 Å². The van der Waals surface area contributed by atoms with Crippen molar-refractivity contribution in [3.05, 3.63) is 89.5 Å². The van der Waals surface area contributed by atoms with Crippen molar-refractivity contribution in [2.24, 2.45) is 0 Å². The predicted molar refractivity (Wildman–Crippen MR) is 148 cm³/mol. The Morgan fingerprint density at radius 3 is 2.03 bits per heavy atom. The summed E-state index contributed by atoms with van der Waals surface area (Å²) in [5.41, 5.74) is 2.85. The number of aliphatic hydroxyl groups excluding tert-OH is 1. The van der Waals surface area contributed by atoms with E-state index >= 15 is 0 Å². The molecule has 7 nitrogen and oxygen atoms in total. The molecule has 3 aromatic carbocycles. The Bertz CT molecular complexity index is 1150. The summed E-state index contributed by atoms with van der Waals surface area (Å²) in [7, 11) is 3.09. The molecule has 1 N–H and O–H groups in total. The van der Waals surface area contributed by atoms with E-state index in [-0.39, 0.29) is 12.4 Å². The molecule has 1 aliphatic heterocycles. The lowest BCUT2D eigenvalue weighted by atomic mass is 10.0. The van der Waals surface area contributed by atoms with Crippen LogP contribution in [0.2, 0.25) is 0 Å². The van der Waals surface area contributed by atoms with Crippen LogP contribution in [0, 0.1) is 0 Å². The molecule has 1 saturated heterocycles. The molecule has 1 heterocycles. The van der Waals surface area contributed by atoms with E-state index in [2.05, 4.69) is 34.1 Å². The minimum Gasteiger partial charge on any atom is -0.493 e. The van der Waals surface area contributed by atoms with E-state index in [0.29, 0.717) is 42.2 Å². The lowest BCUT2D eigenvalue weighted by molar-refractivity contribution is 0.0442. The number of piperazine rings is 1. The smallest absolute Gasteiger partial charge is 0.167 e. The zero-order valence-corrected chi connectivity index (χ0v) is 22.3. The second kappa shape index (κ2) is 14.0. The number of benzene rings is 3. The first-order valence-corrected chi connectivity index (χ1v) is 13.2. The van der Waals surface area contributed by atoms with E-state index in [1.54, 1.807) is 26.4 Å². The molecule has 3 aromatic rings. The van der Waals surface area contributed by atoms with Crippen LogP contribution in [0.5, 0.6) is 17.2 Å². The lowest BCUT2D eigenvalue weighted by Gasteiger charge is -2.35. The first-order chi connectivity index (χ1) is 18.6. The fourth-order valence-corrected chi connectivity index (χ4v) is 4.74. The third-order valence-corrected chi connectivity index (χ3v) is 6.88. The number of ether oxygens (including phenoxy) is 3. The Morgan fingerprint density at radius 1 is 0.816 bits per heavy atom. The Hall–Kier alpha value is -3.39. The Kier molecular flexibility index (Phi) is 10.1. The number of carbonyl (C=O) groups excluding carboxylic acids is 1. The second-order valence-electron chi connectivity index (χ2n) is 9.64. The van der Waals surface area contributed by atoms with Gasteiger partial charge in [0.2, 0.25) is 0 Å². The van der Waals surface area contributed by atoms with E-state index in [4.69, 9.17) is 14.2 Å². The molecule has 1 atom stereocenters. The molecule has 4 rings (SSSR count). The fourth-order valence-electron chi connectivity index (χ4n) is 4.74. The van der Waals surface area contributed by atoms with E-state index in [1.165, 1.54) is 5.56 Å². The van der Waals surface area contributed by atoms with Crippen LogP contribution in [0.15, 0.2) is 72.8 Å². The molecule has 0 amide bonds. The molecule has 0 saturated carbocycles. The molecular weight excluding hydrogens is 480 g/mol.